The Morgan fingerprint density at radius 3 is 2.75 bits per heavy atom. The molecule has 0 N–H and O–H groups in total. The van der Waals surface area contributed by atoms with E-state index in [1.54, 1.807) is 6.20 Å². The van der Waals surface area contributed by atoms with Crippen LogP contribution in [-0.4, -0.2) is 40.6 Å². The van der Waals surface area contributed by atoms with Crippen LogP contribution in [0.25, 0.3) is 0 Å². The van der Waals surface area contributed by atoms with Gasteiger partial charge in [0.2, 0.25) is 0 Å². The third-order valence-electron chi connectivity index (χ3n) is 4.57. The predicted octanol–water partition coefficient (Wildman–Crippen LogP) is 3.20. The maximum Gasteiger partial charge on any atom is 0.256 e. The number of carbonyl (C=O) groups excluding carboxylic acids is 1. The van der Waals surface area contributed by atoms with Gasteiger partial charge in [-0.2, -0.15) is 0 Å². The third-order valence-corrected chi connectivity index (χ3v) is 4.57. The molecule has 1 saturated heterocycles. The molecule has 24 heavy (non-hydrogen) atoms. The van der Waals surface area contributed by atoms with Crippen molar-refractivity contribution in [3.8, 4) is 0 Å². The zero-order chi connectivity index (χ0) is 17.1. The third kappa shape index (κ3) is 3.13. The van der Waals surface area contributed by atoms with E-state index in [4.69, 9.17) is 4.52 Å². The Kier molecular flexibility index (Phi) is 4.83. The van der Waals surface area contributed by atoms with Gasteiger partial charge in [-0.25, -0.2) is 4.98 Å². The largest absolute Gasteiger partial charge is 0.359 e. The number of amides is 1. The fourth-order valence-corrected chi connectivity index (χ4v) is 3.26. The number of nitrogens with zero attached hydrogens (tertiary/aromatic N) is 4. The van der Waals surface area contributed by atoms with E-state index >= 15 is 0 Å². The summed E-state index contributed by atoms with van der Waals surface area (Å²) >= 11 is 0. The van der Waals surface area contributed by atoms with Crippen LogP contribution in [0.4, 0.5) is 5.82 Å². The molecule has 1 atom stereocenters. The number of hydrogen-bond acceptors (Lipinski definition) is 5. The highest BCUT2D eigenvalue weighted by molar-refractivity contribution is 5.94. The maximum absolute atomic E-state index is 12.9. The fraction of sp³-hybridized carbons (Fsp3) is 0.500. The second-order valence-corrected chi connectivity index (χ2v) is 6.10. The monoisotopic (exact) mass is 328 g/mol. The molecule has 0 radical (unpaired) electrons. The van der Waals surface area contributed by atoms with Gasteiger partial charge in [-0.1, -0.05) is 5.16 Å². The molecule has 2 aromatic heterocycles. The van der Waals surface area contributed by atoms with E-state index in [9.17, 15) is 4.79 Å². The summed E-state index contributed by atoms with van der Waals surface area (Å²) in [6.45, 7) is 8.62. The molecule has 0 aromatic carbocycles. The van der Waals surface area contributed by atoms with Crippen LogP contribution in [0, 0.1) is 6.92 Å². The van der Waals surface area contributed by atoms with Gasteiger partial charge in [0.15, 0.2) is 5.76 Å². The van der Waals surface area contributed by atoms with E-state index in [0.29, 0.717) is 5.56 Å². The summed E-state index contributed by atoms with van der Waals surface area (Å²) in [6, 6.07) is 5.67. The molecular formula is C18H24N4O2. The first-order valence-electron chi connectivity index (χ1n) is 8.59. The lowest BCUT2D eigenvalue weighted by Crippen LogP contribution is -2.30. The van der Waals surface area contributed by atoms with Gasteiger partial charge in [-0.15, -0.1) is 0 Å². The van der Waals surface area contributed by atoms with E-state index in [1.807, 2.05) is 30.0 Å². The van der Waals surface area contributed by atoms with Crippen LogP contribution in [-0.2, 0) is 0 Å². The molecule has 0 aliphatic carbocycles. The van der Waals surface area contributed by atoms with Gasteiger partial charge in [0.1, 0.15) is 5.82 Å². The van der Waals surface area contributed by atoms with Crippen molar-refractivity contribution in [2.24, 2.45) is 0 Å². The van der Waals surface area contributed by atoms with Gasteiger partial charge >= 0.3 is 0 Å². The number of aryl methyl sites for hydroxylation is 1. The van der Waals surface area contributed by atoms with E-state index in [1.165, 1.54) is 0 Å². The Labute approximate surface area is 142 Å². The second-order valence-electron chi connectivity index (χ2n) is 6.10. The minimum absolute atomic E-state index is 0.00477. The number of likely N-dealkylation sites (tertiary alicyclic amines) is 1. The van der Waals surface area contributed by atoms with Gasteiger partial charge in [-0.05, 0) is 45.7 Å². The average molecular weight is 328 g/mol. The first kappa shape index (κ1) is 16.5. The van der Waals surface area contributed by atoms with Crippen LogP contribution in [0.3, 0.4) is 0 Å². The molecule has 1 aliphatic heterocycles. The minimum Gasteiger partial charge on any atom is -0.359 e. The quantitative estimate of drug-likeness (QED) is 0.843. The Morgan fingerprint density at radius 2 is 2.17 bits per heavy atom. The van der Waals surface area contributed by atoms with Crippen LogP contribution in [0.15, 0.2) is 28.9 Å². The topological polar surface area (TPSA) is 62.5 Å². The van der Waals surface area contributed by atoms with Crippen LogP contribution < -0.4 is 4.90 Å². The van der Waals surface area contributed by atoms with Crippen molar-refractivity contribution < 1.29 is 9.32 Å². The Hall–Kier alpha value is -2.37. The average Bonchev–Trinajstić information content (AvgIpc) is 3.24. The molecule has 1 fully saturated rings. The van der Waals surface area contributed by atoms with E-state index in [2.05, 4.69) is 28.9 Å². The van der Waals surface area contributed by atoms with E-state index < -0.39 is 0 Å². The Balaban J connectivity index is 1.78. The van der Waals surface area contributed by atoms with E-state index in [0.717, 1.165) is 49.7 Å². The summed E-state index contributed by atoms with van der Waals surface area (Å²) in [5.74, 6) is 1.68. The maximum atomic E-state index is 12.9. The van der Waals surface area contributed by atoms with Gasteiger partial charge < -0.3 is 14.3 Å². The molecule has 3 heterocycles. The van der Waals surface area contributed by atoms with Crippen molar-refractivity contribution in [3.63, 3.8) is 0 Å². The Bertz CT molecular complexity index is 691. The molecule has 128 valence electrons. The highest BCUT2D eigenvalue weighted by Crippen LogP contribution is 2.33. The smallest absolute Gasteiger partial charge is 0.256 e. The summed E-state index contributed by atoms with van der Waals surface area (Å²) in [7, 11) is 0. The molecule has 0 bridgehead atoms. The SMILES string of the molecule is CCN(CC)c1ccc(C(=O)N2CCCC2c2cc(C)no2)cn1. The number of rotatable bonds is 5. The summed E-state index contributed by atoms with van der Waals surface area (Å²) < 4.78 is 5.38. The van der Waals surface area contributed by atoms with Crippen molar-refractivity contribution in [1.29, 1.82) is 0 Å². The number of aromatic nitrogens is 2. The van der Waals surface area contributed by atoms with Crippen molar-refractivity contribution in [1.82, 2.24) is 15.0 Å². The molecule has 1 aliphatic rings. The number of pyridine rings is 1. The van der Waals surface area contributed by atoms with Crippen molar-refractivity contribution >= 4 is 11.7 Å². The van der Waals surface area contributed by atoms with Crippen LogP contribution in [0.5, 0.6) is 0 Å². The number of anilines is 1. The summed E-state index contributed by atoms with van der Waals surface area (Å²) in [6.07, 6.45) is 3.56. The molecule has 6 nitrogen and oxygen atoms in total. The fourth-order valence-electron chi connectivity index (χ4n) is 3.26. The van der Waals surface area contributed by atoms with Crippen molar-refractivity contribution in [2.75, 3.05) is 24.5 Å². The van der Waals surface area contributed by atoms with Crippen molar-refractivity contribution in [2.45, 2.75) is 39.7 Å². The zero-order valence-electron chi connectivity index (χ0n) is 14.5. The zero-order valence-corrected chi connectivity index (χ0v) is 14.5. The highest BCUT2D eigenvalue weighted by Gasteiger charge is 2.33. The minimum atomic E-state index is -0.0267. The molecule has 0 saturated carbocycles. The summed E-state index contributed by atoms with van der Waals surface area (Å²) in [5.41, 5.74) is 1.46. The lowest BCUT2D eigenvalue weighted by Gasteiger charge is -2.23. The Morgan fingerprint density at radius 1 is 1.38 bits per heavy atom. The molecule has 3 rings (SSSR count). The molecule has 1 amide bonds. The van der Waals surface area contributed by atoms with Gasteiger partial charge in [0.05, 0.1) is 17.3 Å². The molecule has 1 unspecified atom stereocenters. The first-order chi connectivity index (χ1) is 11.6. The summed E-state index contributed by atoms with van der Waals surface area (Å²) in [5, 5.41) is 3.95. The van der Waals surface area contributed by atoms with Gasteiger partial charge in [0.25, 0.3) is 5.91 Å². The first-order valence-corrected chi connectivity index (χ1v) is 8.59. The van der Waals surface area contributed by atoms with Gasteiger partial charge in [0, 0.05) is 31.9 Å². The highest BCUT2D eigenvalue weighted by atomic mass is 16.5. The lowest BCUT2D eigenvalue weighted by molar-refractivity contribution is 0.0714. The van der Waals surface area contributed by atoms with Crippen LogP contribution >= 0.6 is 0 Å². The molecule has 2 aromatic rings. The van der Waals surface area contributed by atoms with Crippen LogP contribution in [0.1, 0.15) is 54.5 Å². The predicted molar refractivity (Wildman–Crippen MR) is 92.0 cm³/mol. The lowest BCUT2D eigenvalue weighted by atomic mass is 10.1. The van der Waals surface area contributed by atoms with Crippen LogP contribution in [0.2, 0.25) is 0 Å². The number of hydrogen-bond donors (Lipinski definition) is 0. The van der Waals surface area contributed by atoms with E-state index in [-0.39, 0.29) is 11.9 Å². The molecule has 6 heteroatoms. The normalized spacial score (nSPS) is 17.3. The van der Waals surface area contributed by atoms with Gasteiger partial charge in [-0.3, -0.25) is 4.79 Å². The standard InChI is InChI=1S/C18H24N4O2/c1-4-21(5-2)17-9-8-14(12-19-17)18(23)22-10-6-7-15(22)16-11-13(3)20-24-16/h8-9,11-12,15H,4-7,10H2,1-3H3. The molecule has 0 spiro atoms. The number of carbonyl (C=O) groups is 1. The van der Waals surface area contributed by atoms with Crippen molar-refractivity contribution in [3.05, 3.63) is 41.4 Å². The second kappa shape index (κ2) is 7.03. The summed E-state index contributed by atoms with van der Waals surface area (Å²) in [4.78, 5) is 21.4. The molecular weight excluding hydrogens is 304 g/mol.